The van der Waals surface area contributed by atoms with Crippen LogP contribution in [0.3, 0.4) is 0 Å². The predicted octanol–water partition coefficient (Wildman–Crippen LogP) is 19.5. The summed E-state index contributed by atoms with van der Waals surface area (Å²) in [6.07, 6.45) is 8.50. The Kier molecular flexibility index (Phi) is 29.9. The molecule has 0 atom stereocenters. The Balaban J connectivity index is 0.000000206. The van der Waals surface area contributed by atoms with Gasteiger partial charge in [-0.3, -0.25) is 4.99 Å². The first-order chi connectivity index (χ1) is 41.9. The van der Waals surface area contributed by atoms with Crippen molar-refractivity contribution in [3.8, 4) is 11.5 Å². The van der Waals surface area contributed by atoms with Crippen molar-refractivity contribution in [3.05, 3.63) is 266 Å². The molecule has 454 valence electrons. The third-order valence-corrected chi connectivity index (χ3v) is 15.6. The van der Waals surface area contributed by atoms with Crippen molar-refractivity contribution < 1.29 is 29.2 Å². The lowest BCUT2D eigenvalue weighted by atomic mass is 9.81. The van der Waals surface area contributed by atoms with Gasteiger partial charge < -0.3 is 29.2 Å². The van der Waals surface area contributed by atoms with Crippen LogP contribution in [0, 0.1) is 0 Å². The van der Waals surface area contributed by atoms with E-state index in [2.05, 4.69) is 225 Å². The summed E-state index contributed by atoms with van der Waals surface area (Å²) in [5.74, 6) is 4.87. The summed E-state index contributed by atoms with van der Waals surface area (Å²) in [6, 6.07) is 68.5. The van der Waals surface area contributed by atoms with Gasteiger partial charge in [-0.25, -0.2) is 0 Å². The third kappa shape index (κ3) is 21.6. The number of alkyl halides is 2. The predicted molar refractivity (Wildman–Crippen MR) is 363 cm³/mol. The molecule has 0 fully saturated rings. The monoisotopic (exact) mass is 1200 g/mol. The maximum absolute atomic E-state index is 8.72. The van der Waals surface area contributed by atoms with Gasteiger partial charge in [0.1, 0.15) is 24.7 Å². The molecule has 8 aromatic rings. The largest absolute Gasteiger partial charge is 0.491 e. The molecule has 0 aliphatic rings. The molecule has 0 unspecified atom stereocenters. The molecule has 9 heteroatoms. The second-order valence-electron chi connectivity index (χ2n) is 22.5. The van der Waals surface area contributed by atoms with Crippen LogP contribution in [0.1, 0.15) is 176 Å². The zero-order valence-corrected chi connectivity index (χ0v) is 53.4. The maximum atomic E-state index is 8.72. The van der Waals surface area contributed by atoms with Crippen molar-refractivity contribution in [1.82, 2.24) is 0 Å². The van der Waals surface area contributed by atoms with E-state index in [4.69, 9.17) is 57.4 Å². The van der Waals surface area contributed by atoms with Crippen LogP contribution in [0.4, 0.5) is 5.69 Å². The summed E-state index contributed by atoms with van der Waals surface area (Å²) < 4.78 is 21.9. The average molecular weight is 1200 g/mol. The van der Waals surface area contributed by atoms with Gasteiger partial charge in [-0.2, -0.15) is 0 Å². The normalized spacial score (nSPS) is 11.5. The van der Waals surface area contributed by atoms with E-state index in [0.717, 1.165) is 52.3 Å². The van der Waals surface area contributed by atoms with Crippen molar-refractivity contribution in [2.75, 3.05) is 52.9 Å². The second kappa shape index (κ2) is 37.7. The van der Waals surface area contributed by atoms with Gasteiger partial charge in [-0.1, -0.05) is 231 Å². The van der Waals surface area contributed by atoms with Crippen LogP contribution in [0.25, 0.3) is 12.2 Å². The zero-order valence-electron chi connectivity index (χ0n) is 51.9. The lowest BCUT2D eigenvalue weighted by Crippen LogP contribution is -2.09. The van der Waals surface area contributed by atoms with E-state index in [-0.39, 0.29) is 13.2 Å². The third-order valence-electron chi connectivity index (χ3n) is 15.1. The molecule has 7 nitrogen and oxygen atoms in total. The van der Waals surface area contributed by atoms with Gasteiger partial charge in [-0.05, 0) is 139 Å². The molecule has 2 N–H and O–H groups in total. The highest BCUT2D eigenvalue weighted by molar-refractivity contribution is 6.17. The lowest BCUT2D eigenvalue weighted by molar-refractivity contribution is 0.0705. The van der Waals surface area contributed by atoms with Crippen LogP contribution in [-0.2, 0) is 21.2 Å². The molecule has 8 rings (SSSR count). The van der Waals surface area contributed by atoms with Gasteiger partial charge in [0.2, 0.25) is 0 Å². The lowest BCUT2D eigenvalue weighted by Gasteiger charge is -2.23. The topological polar surface area (TPSA) is 89.7 Å². The molecular weight excluding hydrogens is 1110 g/mol. The SMILES string of the molecule is CC(C)c1cccc(C(C)C)c1/C=C/c1ccc(OCCOCCO)cc1CCl.CC(C)c1cccc(C(C)C)c1N=Cc1ccc(OCCOCCO)cc1CCl.c1ccc(C(CCC(c2ccccc2)c2ccccc2)c2ccccc2)cc1. The second-order valence-corrected chi connectivity index (χ2v) is 23.1. The van der Waals surface area contributed by atoms with Gasteiger partial charge in [0.25, 0.3) is 0 Å². The minimum absolute atomic E-state index is 0.0168. The summed E-state index contributed by atoms with van der Waals surface area (Å²) in [5, 5.41) is 17.4. The van der Waals surface area contributed by atoms with Crippen LogP contribution < -0.4 is 9.47 Å². The molecule has 0 aliphatic heterocycles. The number of aliphatic hydroxyl groups is 2. The number of para-hydroxylation sites is 1. The van der Waals surface area contributed by atoms with Crippen molar-refractivity contribution in [1.29, 1.82) is 0 Å². The zero-order chi connectivity index (χ0) is 61.5. The number of hydrogen-bond donors (Lipinski definition) is 2. The van der Waals surface area contributed by atoms with Gasteiger partial charge in [0.05, 0.1) is 45.3 Å². The highest BCUT2D eigenvalue weighted by Gasteiger charge is 2.20. The van der Waals surface area contributed by atoms with Crippen LogP contribution in [0.2, 0.25) is 0 Å². The standard InChI is InChI=1S/C28H26.C25H33ClO3.C24H32ClNO3/c1-5-13-23(14-6-1)27(24-15-7-2-8-16-24)21-22-28(25-17-9-3-10-18-25)26-19-11-4-12-20-26;1-18(2)23-6-5-7-24(19(3)4)25(23)11-9-20-8-10-22(16-21(20)17-26)29-15-14-28-13-12-27;1-17(2)22-6-5-7-23(18(3)4)24(22)26-16-19-8-9-21(14-20(19)15-25)29-13-12-28-11-10-27/h1-20,27-28H,21-22H2;5-11,16,18-19,27H,12-15,17H2,1-4H3;5-9,14,16-18,27H,10-13,15H2,1-4H3/b;11-9+;. The highest BCUT2D eigenvalue weighted by atomic mass is 35.5. The fourth-order valence-corrected chi connectivity index (χ4v) is 11.0. The molecule has 86 heavy (non-hydrogen) atoms. The molecule has 0 bridgehead atoms. The smallest absolute Gasteiger partial charge is 0.119 e. The van der Waals surface area contributed by atoms with E-state index in [0.29, 0.717) is 86.9 Å². The summed E-state index contributed by atoms with van der Waals surface area (Å²) in [6.45, 7) is 20.1. The number of ether oxygens (including phenoxy) is 4. The number of aliphatic imine (C=N–C) groups is 1. The summed E-state index contributed by atoms with van der Waals surface area (Å²) in [4.78, 5) is 4.88. The molecule has 0 spiro atoms. The molecule has 0 aliphatic carbocycles. The minimum Gasteiger partial charge on any atom is -0.491 e. The van der Waals surface area contributed by atoms with Crippen molar-refractivity contribution in [2.45, 2.75) is 115 Å². The Hall–Kier alpha value is -6.81. The highest BCUT2D eigenvalue weighted by Crippen LogP contribution is 2.38. The Bertz CT molecular complexity index is 2890. The Morgan fingerprint density at radius 1 is 0.395 bits per heavy atom. The van der Waals surface area contributed by atoms with E-state index < -0.39 is 0 Å². The van der Waals surface area contributed by atoms with E-state index in [1.54, 1.807) is 0 Å². The summed E-state index contributed by atoms with van der Waals surface area (Å²) in [5.41, 5.74) is 17.3. The average Bonchev–Trinajstić information content (AvgIpc) is 3.73. The molecule has 0 amide bonds. The van der Waals surface area contributed by atoms with E-state index in [9.17, 15) is 0 Å². The first kappa shape index (κ1) is 68.3. The maximum Gasteiger partial charge on any atom is 0.119 e. The molecule has 0 heterocycles. The molecule has 0 saturated heterocycles. The van der Waals surface area contributed by atoms with Gasteiger partial charge >= 0.3 is 0 Å². The van der Waals surface area contributed by atoms with E-state index in [1.165, 1.54) is 50.1 Å². The number of nitrogens with zero attached hydrogens (tertiary/aromatic N) is 1. The van der Waals surface area contributed by atoms with Crippen LogP contribution in [0.15, 0.2) is 199 Å². The van der Waals surface area contributed by atoms with Crippen LogP contribution in [0.5, 0.6) is 11.5 Å². The summed E-state index contributed by atoms with van der Waals surface area (Å²) >= 11 is 12.4. The van der Waals surface area contributed by atoms with Gasteiger partial charge in [-0.15, -0.1) is 23.2 Å². The number of rotatable bonds is 29. The first-order valence-electron chi connectivity index (χ1n) is 30.5. The fourth-order valence-electron chi connectivity index (χ4n) is 10.5. The van der Waals surface area contributed by atoms with E-state index in [1.807, 2.05) is 42.6 Å². The molecule has 0 saturated carbocycles. The molecule has 8 aromatic carbocycles. The number of halogens is 2. The van der Waals surface area contributed by atoms with Crippen LogP contribution >= 0.6 is 23.2 Å². The van der Waals surface area contributed by atoms with E-state index >= 15 is 0 Å². The van der Waals surface area contributed by atoms with Gasteiger partial charge in [0, 0.05) is 29.8 Å². The minimum atomic E-state index is 0.0168. The van der Waals surface area contributed by atoms with Crippen LogP contribution in [-0.4, -0.2) is 69.3 Å². The van der Waals surface area contributed by atoms with Gasteiger partial charge in [0.15, 0.2) is 0 Å². The number of benzene rings is 8. The number of aliphatic hydroxyl groups excluding tert-OH is 2. The first-order valence-corrected chi connectivity index (χ1v) is 31.6. The van der Waals surface area contributed by atoms with Crippen molar-refractivity contribution >= 4 is 47.3 Å². The fraction of sp³-hybridized carbons (Fsp3) is 0.338. The quantitative estimate of drug-likeness (QED) is 0.0210. The Morgan fingerprint density at radius 2 is 0.756 bits per heavy atom. The molecular formula is C77H91Cl2NO6. The summed E-state index contributed by atoms with van der Waals surface area (Å²) in [7, 11) is 0. The molecule has 0 aromatic heterocycles. The number of hydrogen-bond acceptors (Lipinski definition) is 7. The Labute approximate surface area is 524 Å². The molecule has 0 radical (unpaired) electrons. The van der Waals surface area contributed by atoms with Crippen molar-refractivity contribution in [3.63, 3.8) is 0 Å². The van der Waals surface area contributed by atoms with Crippen molar-refractivity contribution in [2.24, 2.45) is 4.99 Å². The Morgan fingerprint density at radius 3 is 1.12 bits per heavy atom.